The van der Waals surface area contributed by atoms with E-state index in [1.165, 1.54) is 25.7 Å². The fourth-order valence-corrected chi connectivity index (χ4v) is 2.74. The molecular weight excluding hydrogens is 248 g/mol. The Morgan fingerprint density at radius 2 is 1.40 bits per heavy atom. The van der Waals surface area contributed by atoms with Crippen molar-refractivity contribution in [3.8, 4) is 12.1 Å². The maximum atomic E-state index is 12.0. The van der Waals surface area contributed by atoms with Crippen LogP contribution in [0.5, 0.6) is 0 Å². The Balaban J connectivity index is 4.38. The van der Waals surface area contributed by atoms with Gasteiger partial charge in [0, 0.05) is 18.3 Å². The number of Topliss-reactive ketones (excluding diaryl/α,β-unsaturated/α-hetero) is 1. The molecule has 0 saturated heterocycles. The van der Waals surface area contributed by atoms with Gasteiger partial charge in [-0.3, -0.25) is 4.79 Å². The van der Waals surface area contributed by atoms with Crippen molar-refractivity contribution in [2.45, 2.75) is 84.5 Å². The molecule has 3 nitrogen and oxygen atoms in total. The van der Waals surface area contributed by atoms with Gasteiger partial charge in [-0.1, -0.05) is 45.4 Å². The Bertz CT molecular complexity index is 331. The lowest BCUT2D eigenvalue weighted by Crippen LogP contribution is -2.29. The molecule has 0 aromatic rings. The van der Waals surface area contributed by atoms with E-state index in [-0.39, 0.29) is 5.78 Å². The number of carbonyl (C=O) groups is 1. The van der Waals surface area contributed by atoms with Crippen LogP contribution in [0.25, 0.3) is 0 Å². The van der Waals surface area contributed by atoms with Gasteiger partial charge in [-0.15, -0.1) is 0 Å². The highest BCUT2D eigenvalue weighted by Crippen LogP contribution is 2.36. The van der Waals surface area contributed by atoms with Crippen molar-refractivity contribution < 1.29 is 4.79 Å². The molecule has 112 valence electrons. The molecule has 0 heterocycles. The van der Waals surface area contributed by atoms with E-state index >= 15 is 0 Å². The maximum absolute atomic E-state index is 12.0. The van der Waals surface area contributed by atoms with E-state index in [9.17, 15) is 4.79 Å². The molecule has 0 unspecified atom stereocenters. The average molecular weight is 276 g/mol. The summed E-state index contributed by atoms with van der Waals surface area (Å²) in [6.45, 7) is 3.82. The molecule has 0 amide bonds. The molecule has 3 heteroatoms. The van der Waals surface area contributed by atoms with E-state index in [4.69, 9.17) is 10.5 Å². The summed E-state index contributed by atoms with van der Waals surface area (Å²) < 4.78 is 0. The summed E-state index contributed by atoms with van der Waals surface area (Å²) in [5.41, 5.74) is -0.434. The van der Waals surface area contributed by atoms with Crippen molar-refractivity contribution in [3.05, 3.63) is 0 Å². The minimum Gasteiger partial charge on any atom is -0.299 e. The molecular formula is C17H28N2O. The van der Waals surface area contributed by atoms with Gasteiger partial charge >= 0.3 is 0 Å². The maximum Gasteiger partial charge on any atom is 0.136 e. The third kappa shape index (κ3) is 7.29. The second kappa shape index (κ2) is 11.5. The molecule has 0 fully saturated rings. The Kier molecular flexibility index (Phi) is 10.7. The van der Waals surface area contributed by atoms with E-state index < -0.39 is 5.41 Å². The first kappa shape index (κ1) is 18.7. The number of carbonyl (C=O) groups excluding carboxylic acids is 1. The molecule has 0 aromatic carbocycles. The number of unbranched alkanes of at least 4 members (excludes halogenated alkanes) is 5. The summed E-state index contributed by atoms with van der Waals surface area (Å²) >= 11 is 0. The van der Waals surface area contributed by atoms with Crippen LogP contribution in [0.2, 0.25) is 0 Å². The van der Waals surface area contributed by atoms with Crippen LogP contribution in [-0.4, -0.2) is 5.78 Å². The lowest BCUT2D eigenvalue weighted by molar-refractivity contribution is -0.127. The molecule has 20 heavy (non-hydrogen) atoms. The van der Waals surface area contributed by atoms with Crippen LogP contribution in [0, 0.1) is 28.1 Å². The van der Waals surface area contributed by atoms with Crippen molar-refractivity contribution in [1.29, 1.82) is 10.5 Å². The Labute approximate surface area is 124 Å². The van der Waals surface area contributed by atoms with E-state index in [0.717, 1.165) is 19.3 Å². The second-order valence-electron chi connectivity index (χ2n) is 5.67. The quantitative estimate of drug-likeness (QED) is 0.475. The van der Waals surface area contributed by atoms with Crippen LogP contribution in [0.4, 0.5) is 0 Å². The lowest BCUT2D eigenvalue weighted by Gasteiger charge is -2.30. The van der Waals surface area contributed by atoms with E-state index in [2.05, 4.69) is 19.1 Å². The molecule has 0 N–H and O–H groups in total. The van der Waals surface area contributed by atoms with Crippen LogP contribution in [0.3, 0.4) is 0 Å². The molecule has 0 aromatic heterocycles. The van der Waals surface area contributed by atoms with E-state index in [1.807, 2.05) is 0 Å². The van der Waals surface area contributed by atoms with Crippen molar-refractivity contribution in [2.24, 2.45) is 5.41 Å². The molecule has 0 atom stereocenters. The van der Waals surface area contributed by atoms with Crippen LogP contribution >= 0.6 is 0 Å². The first-order valence-corrected chi connectivity index (χ1v) is 7.88. The SMILES string of the molecule is CCCCCCCCC(CCC#N)(CCC#N)C(C)=O. The van der Waals surface area contributed by atoms with Gasteiger partial charge in [-0.05, 0) is 26.2 Å². The lowest BCUT2D eigenvalue weighted by atomic mass is 9.72. The zero-order valence-corrected chi connectivity index (χ0v) is 13.1. The van der Waals surface area contributed by atoms with Gasteiger partial charge < -0.3 is 0 Å². The predicted molar refractivity (Wildman–Crippen MR) is 80.8 cm³/mol. The monoisotopic (exact) mass is 276 g/mol. The first-order chi connectivity index (χ1) is 9.63. The molecule has 0 aliphatic carbocycles. The van der Waals surface area contributed by atoms with Crippen LogP contribution < -0.4 is 0 Å². The largest absolute Gasteiger partial charge is 0.299 e. The number of hydrogen-bond donors (Lipinski definition) is 0. The number of nitrogens with zero attached hydrogens (tertiary/aromatic N) is 2. The Hall–Kier alpha value is -1.35. The van der Waals surface area contributed by atoms with Gasteiger partial charge in [0.25, 0.3) is 0 Å². The summed E-state index contributed by atoms with van der Waals surface area (Å²) in [4.78, 5) is 12.0. The van der Waals surface area contributed by atoms with Gasteiger partial charge in [-0.25, -0.2) is 0 Å². The standard InChI is InChI=1S/C17H28N2O/c1-3-4-5-6-7-8-11-17(16(2)20,12-9-14-18)13-10-15-19/h3-13H2,1-2H3. The average Bonchev–Trinajstić information content (AvgIpc) is 2.44. The van der Waals surface area contributed by atoms with Gasteiger partial charge in [0.05, 0.1) is 12.1 Å². The fraction of sp³-hybridized carbons (Fsp3) is 0.824. The summed E-state index contributed by atoms with van der Waals surface area (Å²) in [5, 5.41) is 17.6. The highest BCUT2D eigenvalue weighted by Gasteiger charge is 2.33. The van der Waals surface area contributed by atoms with E-state index in [1.54, 1.807) is 6.92 Å². The molecule has 0 aliphatic rings. The highest BCUT2D eigenvalue weighted by atomic mass is 16.1. The zero-order valence-electron chi connectivity index (χ0n) is 13.1. The molecule has 0 spiro atoms. The minimum absolute atomic E-state index is 0.150. The predicted octanol–water partition coefficient (Wildman–Crippen LogP) is 4.92. The first-order valence-electron chi connectivity index (χ1n) is 7.88. The molecule has 0 rings (SSSR count). The van der Waals surface area contributed by atoms with Crippen molar-refractivity contribution in [3.63, 3.8) is 0 Å². The number of rotatable bonds is 12. The number of ketones is 1. The Morgan fingerprint density at radius 1 is 0.900 bits per heavy atom. The zero-order chi connectivity index (χ0) is 15.3. The van der Waals surface area contributed by atoms with Crippen molar-refractivity contribution in [2.75, 3.05) is 0 Å². The van der Waals surface area contributed by atoms with Crippen molar-refractivity contribution >= 4 is 5.78 Å². The van der Waals surface area contributed by atoms with Crippen LogP contribution in [0.15, 0.2) is 0 Å². The van der Waals surface area contributed by atoms with Crippen LogP contribution in [0.1, 0.15) is 84.5 Å². The number of hydrogen-bond acceptors (Lipinski definition) is 3. The second-order valence-corrected chi connectivity index (χ2v) is 5.67. The third-order valence-electron chi connectivity index (χ3n) is 4.19. The fourth-order valence-electron chi connectivity index (χ4n) is 2.74. The summed E-state index contributed by atoms with van der Waals surface area (Å²) in [7, 11) is 0. The molecule has 0 radical (unpaired) electrons. The van der Waals surface area contributed by atoms with Gasteiger partial charge in [-0.2, -0.15) is 10.5 Å². The van der Waals surface area contributed by atoms with Crippen molar-refractivity contribution in [1.82, 2.24) is 0 Å². The normalized spacial score (nSPS) is 10.8. The highest BCUT2D eigenvalue weighted by molar-refractivity contribution is 5.82. The molecule has 0 aliphatic heterocycles. The number of nitriles is 2. The Morgan fingerprint density at radius 3 is 1.85 bits per heavy atom. The summed E-state index contributed by atoms with van der Waals surface area (Å²) in [5.74, 6) is 0.150. The van der Waals surface area contributed by atoms with Gasteiger partial charge in [0.1, 0.15) is 5.78 Å². The minimum atomic E-state index is -0.434. The third-order valence-corrected chi connectivity index (χ3v) is 4.19. The van der Waals surface area contributed by atoms with Gasteiger partial charge in [0.2, 0.25) is 0 Å². The molecule has 0 saturated carbocycles. The summed E-state index contributed by atoms with van der Waals surface area (Å²) in [6, 6.07) is 4.27. The molecule has 0 bridgehead atoms. The van der Waals surface area contributed by atoms with Crippen LogP contribution in [-0.2, 0) is 4.79 Å². The van der Waals surface area contributed by atoms with E-state index in [0.29, 0.717) is 25.7 Å². The topological polar surface area (TPSA) is 64.7 Å². The smallest absolute Gasteiger partial charge is 0.136 e. The summed E-state index contributed by atoms with van der Waals surface area (Å²) in [6.07, 6.45) is 10.0. The van der Waals surface area contributed by atoms with Gasteiger partial charge in [0.15, 0.2) is 0 Å².